The van der Waals surface area contributed by atoms with Crippen LogP contribution >= 0.6 is 0 Å². The van der Waals surface area contributed by atoms with Crippen molar-refractivity contribution in [2.75, 3.05) is 30.9 Å². The van der Waals surface area contributed by atoms with Crippen LogP contribution < -0.4 is 15.5 Å². The lowest BCUT2D eigenvalue weighted by molar-refractivity contribution is 0.0827. The summed E-state index contributed by atoms with van der Waals surface area (Å²) in [7, 11) is 3.38. The van der Waals surface area contributed by atoms with E-state index in [4.69, 9.17) is 0 Å². The highest BCUT2D eigenvalue weighted by atomic mass is 16.2. The van der Waals surface area contributed by atoms with Crippen molar-refractivity contribution >= 4 is 35.1 Å². The van der Waals surface area contributed by atoms with Crippen LogP contribution in [0.2, 0.25) is 0 Å². The fourth-order valence-electron chi connectivity index (χ4n) is 3.95. The van der Waals surface area contributed by atoms with Gasteiger partial charge in [0.25, 0.3) is 17.7 Å². The summed E-state index contributed by atoms with van der Waals surface area (Å²) in [4.78, 5) is 50.2. The van der Waals surface area contributed by atoms with Crippen LogP contribution in [0.1, 0.15) is 57.3 Å². The van der Waals surface area contributed by atoms with E-state index in [0.717, 1.165) is 19.3 Å². The smallest absolute Gasteiger partial charge is 0.280 e. The van der Waals surface area contributed by atoms with E-state index >= 15 is 0 Å². The zero-order valence-corrected chi connectivity index (χ0v) is 18.4. The van der Waals surface area contributed by atoms with E-state index in [1.54, 1.807) is 50.8 Å². The van der Waals surface area contributed by atoms with Crippen molar-refractivity contribution in [1.82, 2.24) is 15.2 Å². The molecule has 2 aliphatic rings. The number of anilines is 2. The molecule has 2 aromatic rings. The summed E-state index contributed by atoms with van der Waals surface area (Å²) in [6.45, 7) is 2.58. The molecule has 0 aliphatic carbocycles. The minimum atomic E-state index is -0.474. The number of guanidine groups is 1. The summed E-state index contributed by atoms with van der Waals surface area (Å²) in [6.07, 6.45) is 5.63. The average molecular weight is 435 g/mol. The number of hydrogen-bond acceptors (Lipinski definition) is 6. The molecule has 0 spiro atoms. The molecule has 166 valence electrons. The van der Waals surface area contributed by atoms with Crippen LogP contribution in [-0.4, -0.2) is 60.2 Å². The van der Waals surface area contributed by atoms with E-state index in [-0.39, 0.29) is 17.9 Å². The molecule has 0 saturated heterocycles. The van der Waals surface area contributed by atoms with Crippen LogP contribution in [0.4, 0.5) is 11.4 Å². The molecule has 1 aromatic carbocycles. The lowest BCUT2D eigenvalue weighted by Gasteiger charge is -2.28. The Kier molecular flexibility index (Phi) is 5.89. The number of fused-ring (bicyclic) bond motifs is 5. The zero-order chi connectivity index (χ0) is 22.8. The van der Waals surface area contributed by atoms with Crippen LogP contribution in [0, 0.1) is 0 Å². The topological polar surface area (TPSA) is 107 Å². The molecule has 3 heterocycles. The highest BCUT2D eigenvalue weighted by molar-refractivity contribution is 6.22. The predicted octanol–water partition coefficient (Wildman–Crippen LogP) is 2.51. The highest BCUT2D eigenvalue weighted by Gasteiger charge is 2.34. The van der Waals surface area contributed by atoms with Crippen molar-refractivity contribution < 1.29 is 14.4 Å². The largest absolute Gasteiger partial charge is 0.352 e. The molecule has 0 fully saturated rings. The monoisotopic (exact) mass is 434 g/mol. The normalized spacial score (nSPS) is 20.2. The van der Waals surface area contributed by atoms with Crippen LogP contribution in [-0.2, 0) is 0 Å². The number of nitrogens with zero attached hydrogens (tertiary/aromatic N) is 4. The number of aromatic nitrogens is 1. The van der Waals surface area contributed by atoms with Crippen molar-refractivity contribution in [3.05, 3.63) is 53.3 Å². The number of rotatable bonds is 1. The minimum absolute atomic E-state index is 0.0450. The molecule has 0 radical (unpaired) electrons. The molecule has 0 saturated carbocycles. The fourth-order valence-corrected chi connectivity index (χ4v) is 3.95. The van der Waals surface area contributed by atoms with E-state index in [2.05, 4.69) is 20.6 Å². The number of aliphatic imine (C=N–C) groups is 1. The Balaban J connectivity index is 1.81. The molecule has 2 bridgehead atoms. The van der Waals surface area contributed by atoms with Crippen molar-refractivity contribution in [3.8, 4) is 0 Å². The molecule has 4 rings (SSSR count). The lowest BCUT2D eigenvalue weighted by atomic mass is 10.1. The van der Waals surface area contributed by atoms with Crippen molar-refractivity contribution in [2.45, 2.75) is 32.2 Å². The predicted molar refractivity (Wildman–Crippen MR) is 122 cm³/mol. The SMILES string of the molecule is C[C@H]1CCCCNC(=O)c2cccc(c2)C(=O)/N=C2\Nc3cncc(C(=O)N(C)C)c3N21. The lowest BCUT2D eigenvalue weighted by Crippen LogP contribution is -2.40. The first kappa shape index (κ1) is 21.5. The molecule has 1 aromatic heterocycles. The van der Waals surface area contributed by atoms with Gasteiger partial charge in [-0.25, -0.2) is 0 Å². The van der Waals surface area contributed by atoms with Gasteiger partial charge < -0.3 is 20.4 Å². The average Bonchev–Trinajstić information content (AvgIpc) is 3.15. The Morgan fingerprint density at radius 3 is 2.72 bits per heavy atom. The molecular formula is C23H26N6O3. The second-order valence-corrected chi connectivity index (χ2v) is 8.20. The van der Waals surface area contributed by atoms with Gasteiger partial charge in [0.2, 0.25) is 5.96 Å². The Bertz CT molecular complexity index is 1110. The Morgan fingerprint density at radius 1 is 1.16 bits per heavy atom. The third-order valence-corrected chi connectivity index (χ3v) is 5.62. The minimum Gasteiger partial charge on any atom is -0.352 e. The molecule has 2 aliphatic heterocycles. The van der Waals surface area contributed by atoms with Gasteiger partial charge in [-0.2, -0.15) is 4.99 Å². The maximum Gasteiger partial charge on any atom is 0.280 e. The number of carbonyl (C=O) groups is 3. The third kappa shape index (κ3) is 4.05. The van der Waals surface area contributed by atoms with Gasteiger partial charge in [-0.15, -0.1) is 0 Å². The fraction of sp³-hybridized carbons (Fsp3) is 0.348. The van der Waals surface area contributed by atoms with Gasteiger partial charge in [0.05, 0.1) is 23.1 Å². The quantitative estimate of drug-likeness (QED) is 0.714. The zero-order valence-electron chi connectivity index (χ0n) is 18.4. The molecule has 32 heavy (non-hydrogen) atoms. The first-order valence-corrected chi connectivity index (χ1v) is 10.6. The van der Waals surface area contributed by atoms with Crippen LogP contribution in [0.15, 0.2) is 41.7 Å². The molecule has 2 N–H and O–H groups in total. The van der Waals surface area contributed by atoms with Crippen LogP contribution in [0.3, 0.4) is 0 Å². The highest BCUT2D eigenvalue weighted by Crippen LogP contribution is 2.38. The standard InChI is InChI=1S/C23H26N6O3/c1-14-7-4-5-10-25-20(30)15-8-6-9-16(11-15)21(31)27-23-26-18-13-24-12-17(19(18)29(14)23)22(32)28(2)3/h6,8-9,11-14H,4-5,7,10H2,1-3H3,(H,25,30)(H,26,27,31)/t14-/m0/s1. The van der Waals surface area contributed by atoms with E-state index in [9.17, 15) is 14.4 Å². The van der Waals surface area contributed by atoms with Crippen molar-refractivity contribution in [2.24, 2.45) is 4.99 Å². The summed E-state index contributed by atoms with van der Waals surface area (Å²) in [5, 5.41) is 6.07. The number of nitrogens with one attached hydrogen (secondary N) is 2. The second kappa shape index (κ2) is 8.78. The molecule has 3 amide bonds. The summed E-state index contributed by atoms with van der Waals surface area (Å²) >= 11 is 0. The summed E-state index contributed by atoms with van der Waals surface area (Å²) in [5.41, 5.74) is 2.48. The van der Waals surface area contributed by atoms with E-state index in [1.165, 1.54) is 4.90 Å². The van der Waals surface area contributed by atoms with Gasteiger partial charge in [0.1, 0.15) is 0 Å². The Labute approximate surface area is 186 Å². The first-order valence-electron chi connectivity index (χ1n) is 10.6. The van der Waals surface area contributed by atoms with E-state index < -0.39 is 5.91 Å². The van der Waals surface area contributed by atoms with Crippen molar-refractivity contribution in [3.63, 3.8) is 0 Å². The Morgan fingerprint density at radius 2 is 1.94 bits per heavy atom. The molecule has 9 heteroatoms. The van der Waals surface area contributed by atoms with Gasteiger partial charge in [-0.3, -0.25) is 19.4 Å². The van der Waals surface area contributed by atoms with Gasteiger partial charge in [-0.1, -0.05) is 6.07 Å². The van der Waals surface area contributed by atoms with Gasteiger partial charge in [0.15, 0.2) is 0 Å². The number of hydrogen-bond donors (Lipinski definition) is 2. The maximum atomic E-state index is 13.0. The molecule has 0 unspecified atom stereocenters. The van der Waals surface area contributed by atoms with Gasteiger partial charge in [-0.05, 0) is 44.4 Å². The van der Waals surface area contributed by atoms with Gasteiger partial charge in [0, 0.05) is 44.0 Å². The first-order chi connectivity index (χ1) is 15.4. The summed E-state index contributed by atoms with van der Waals surface area (Å²) in [6, 6.07) is 6.48. The summed E-state index contributed by atoms with van der Waals surface area (Å²) in [5.74, 6) is -0.503. The maximum absolute atomic E-state index is 13.0. The second-order valence-electron chi connectivity index (χ2n) is 8.20. The molecule has 1 atom stereocenters. The Hall–Kier alpha value is -3.75. The number of benzene rings is 1. The third-order valence-electron chi connectivity index (χ3n) is 5.62. The molecule has 9 nitrogen and oxygen atoms in total. The molecular weight excluding hydrogens is 408 g/mol. The van der Waals surface area contributed by atoms with E-state index in [1.807, 2.05) is 11.8 Å². The number of carbonyl (C=O) groups excluding carboxylic acids is 3. The number of pyridine rings is 1. The van der Waals surface area contributed by atoms with Crippen LogP contribution in [0.25, 0.3) is 0 Å². The summed E-state index contributed by atoms with van der Waals surface area (Å²) < 4.78 is 0. The number of amides is 3. The van der Waals surface area contributed by atoms with Crippen LogP contribution in [0.5, 0.6) is 0 Å². The van der Waals surface area contributed by atoms with Crippen molar-refractivity contribution in [1.29, 1.82) is 0 Å². The van der Waals surface area contributed by atoms with Gasteiger partial charge >= 0.3 is 0 Å². The van der Waals surface area contributed by atoms with E-state index in [0.29, 0.717) is 40.6 Å².